The fourth-order valence-corrected chi connectivity index (χ4v) is 1.50. The number of aliphatic hydroxyl groups excluding tert-OH is 1. The third-order valence-electron chi connectivity index (χ3n) is 1.42. The normalized spacial score (nSPS) is 10.5. The lowest BCUT2D eigenvalue weighted by molar-refractivity contribution is 0.276. The van der Waals surface area contributed by atoms with Crippen molar-refractivity contribution in [3.63, 3.8) is 0 Å². The number of imidazole rings is 1. The number of aromatic nitrogens is 2. The molecule has 0 fully saturated rings. The van der Waals surface area contributed by atoms with E-state index in [-0.39, 0.29) is 6.61 Å². The number of aromatic amines is 1. The van der Waals surface area contributed by atoms with Crippen molar-refractivity contribution in [1.29, 1.82) is 0 Å². The van der Waals surface area contributed by atoms with Crippen molar-refractivity contribution in [2.45, 2.75) is 26.4 Å². The molecule has 3 nitrogen and oxygen atoms in total. The fraction of sp³-hybridized carbons (Fsp3) is 0.571. The summed E-state index contributed by atoms with van der Waals surface area (Å²) in [6.45, 7) is 2.16. The lowest BCUT2D eigenvalue weighted by Gasteiger charge is -1.89. The molecule has 0 unspecified atom stereocenters. The topological polar surface area (TPSA) is 48.9 Å². The minimum atomic E-state index is 0.0506. The average Bonchev–Trinajstić information content (AvgIpc) is 2.32. The smallest absolute Gasteiger partial charge is 0.125 e. The van der Waals surface area contributed by atoms with E-state index < -0.39 is 0 Å². The van der Waals surface area contributed by atoms with Gasteiger partial charge in [0.1, 0.15) is 9.53 Å². The molecule has 1 rings (SSSR count). The summed E-state index contributed by atoms with van der Waals surface area (Å²) in [5.41, 5.74) is 0.828. The van der Waals surface area contributed by atoms with Gasteiger partial charge < -0.3 is 10.1 Å². The molecule has 1 aromatic heterocycles. The number of aliphatic hydroxyl groups is 1. The van der Waals surface area contributed by atoms with Crippen LogP contribution in [-0.2, 0) is 13.0 Å². The minimum absolute atomic E-state index is 0.0506. The van der Waals surface area contributed by atoms with Crippen LogP contribution in [0.5, 0.6) is 0 Å². The van der Waals surface area contributed by atoms with E-state index in [1.807, 2.05) is 0 Å². The largest absolute Gasteiger partial charge is 0.390 e. The Balaban J connectivity index is 2.77. The molecule has 0 aliphatic heterocycles. The van der Waals surface area contributed by atoms with Gasteiger partial charge in [0.2, 0.25) is 0 Å². The van der Waals surface area contributed by atoms with Crippen molar-refractivity contribution in [3.05, 3.63) is 15.2 Å². The third kappa shape index (κ3) is 2.16. The summed E-state index contributed by atoms with van der Waals surface area (Å²) >= 11 is 2.12. The van der Waals surface area contributed by atoms with Crippen LogP contribution < -0.4 is 0 Å². The van der Waals surface area contributed by atoms with E-state index in [1.54, 1.807) is 0 Å². The molecule has 0 saturated carbocycles. The second-order valence-corrected chi connectivity index (χ2v) is 3.38. The van der Waals surface area contributed by atoms with Crippen LogP contribution in [-0.4, -0.2) is 15.1 Å². The molecule has 2 N–H and O–H groups in total. The lowest BCUT2D eigenvalue weighted by atomic mass is 10.3. The maximum absolute atomic E-state index is 8.82. The molecule has 1 aromatic rings. The Hall–Kier alpha value is -0.100. The molecule has 0 saturated heterocycles. The van der Waals surface area contributed by atoms with Gasteiger partial charge in [-0.25, -0.2) is 4.98 Å². The van der Waals surface area contributed by atoms with Gasteiger partial charge in [0.15, 0.2) is 0 Å². The Morgan fingerprint density at radius 3 is 2.82 bits per heavy atom. The van der Waals surface area contributed by atoms with Crippen molar-refractivity contribution in [3.8, 4) is 0 Å². The minimum Gasteiger partial charge on any atom is -0.390 e. The average molecular weight is 266 g/mol. The SMILES string of the molecule is CCCc1nc(I)c(CO)[nH]1. The molecule has 11 heavy (non-hydrogen) atoms. The number of halogens is 1. The Bertz CT molecular complexity index is 234. The van der Waals surface area contributed by atoms with Gasteiger partial charge in [0.25, 0.3) is 0 Å². The molecule has 0 aromatic carbocycles. The summed E-state index contributed by atoms with van der Waals surface area (Å²) in [7, 11) is 0. The molecule has 62 valence electrons. The molecule has 0 spiro atoms. The highest BCUT2D eigenvalue weighted by Gasteiger charge is 2.04. The summed E-state index contributed by atoms with van der Waals surface area (Å²) < 4.78 is 0.883. The predicted molar refractivity (Wildman–Crippen MR) is 51.2 cm³/mol. The van der Waals surface area contributed by atoms with E-state index in [0.29, 0.717) is 0 Å². The van der Waals surface area contributed by atoms with Gasteiger partial charge in [0.05, 0.1) is 12.3 Å². The van der Waals surface area contributed by atoms with E-state index in [9.17, 15) is 0 Å². The highest BCUT2D eigenvalue weighted by molar-refractivity contribution is 14.1. The van der Waals surface area contributed by atoms with Crippen molar-refractivity contribution >= 4 is 22.6 Å². The van der Waals surface area contributed by atoms with Crippen molar-refractivity contribution in [2.75, 3.05) is 0 Å². The summed E-state index contributed by atoms with van der Waals surface area (Å²) in [6.07, 6.45) is 2.03. The maximum atomic E-state index is 8.82. The molecule has 0 amide bonds. The van der Waals surface area contributed by atoms with Gasteiger partial charge in [-0.15, -0.1) is 0 Å². The van der Waals surface area contributed by atoms with Crippen LogP contribution in [0.3, 0.4) is 0 Å². The monoisotopic (exact) mass is 266 g/mol. The number of aryl methyl sites for hydroxylation is 1. The van der Waals surface area contributed by atoms with Gasteiger partial charge >= 0.3 is 0 Å². The summed E-state index contributed by atoms with van der Waals surface area (Å²) in [4.78, 5) is 7.31. The number of nitrogens with one attached hydrogen (secondary N) is 1. The van der Waals surface area contributed by atoms with Gasteiger partial charge in [-0.3, -0.25) is 0 Å². The fourth-order valence-electron chi connectivity index (χ4n) is 0.900. The molecule has 0 aliphatic carbocycles. The summed E-state index contributed by atoms with van der Waals surface area (Å²) in [5, 5.41) is 8.82. The lowest BCUT2D eigenvalue weighted by Crippen LogP contribution is -1.87. The first-order chi connectivity index (χ1) is 5.27. The quantitative estimate of drug-likeness (QED) is 0.814. The second-order valence-electron chi connectivity index (χ2n) is 2.36. The molecular formula is C7H11IN2O. The standard InChI is InChI=1S/C7H11IN2O/c1-2-3-6-9-5(4-11)7(8)10-6/h11H,2-4H2,1H3,(H,9,10). The Labute approximate surface area is 79.4 Å². The first kappa shape index (κ1) is 8.99. The van der Waals surface area contributed by atoms with Gasteiger partial charge in [-0.2, -0.15) is 0 Å². The Morgan fingerprint density at radius 1 is 1.64 bits per heavy atom. The van der Waals surface area contributed by atoms with E-state index in [1.165, 1.54) is 0 Å². The number of H-pyrrole nitrogens is 1. The van der Waals surface area contributed by atoms with Gasteiger partial charge in [-0.1, -0.05) is 6.92 Å². The van der Waals surface area contributed by atoms with Gasteiger partial charge in [0, 0.05) is 6.42 Å². The van der Waals surface area contributed by atoms with E-state index in [4.69, 9.17) is 5.11 Å². The number of rotatable bonds is 3. The van der Waals surface area contributed by atoms with E-state index >= 15 is 0 Å². The van der Waals surface area contributed by atoms with Crippen LogP contribution in [0, 0.1) is 3.70 Å². The molecule has 0 bridgehead atoms. The van der Waals surface area contributed by atoms with E-state index in [2.05, 4.69) is 39.5 Å². The molecule has 4 heteroatoms. The van der Waals surface area contributed by atoms with Crippen LogP contribution in [0.4, 0.5) is 0 Å². The summed E-state index contributed by atoms with van der Waals surface area (Å²) in [6, 6.07) is 0. The number of nitrogens with zero attached hydrogens (tertiary/aromatic N) is 1. The Kier molecular flexibility index (Phi) is 3.32. The molecule has 1 heterocycles. The molecule has 0 aliphatic rings. The molecule has 0 atom stereocenters. The number of hydrogen-bond acceptors (Lipinski definition) is 2. The zero-order chi connectivity index (χ0) is 8.27. The third-order valence-corrected chi connectivity index (χ3v) is 2.31. The second kappa shape index (κ2) is 4.06. The van der Waals surface area contributed by atoms with Crippen LogP contribution in [0.1, 0.15) is 24.9 Å². The van der Waals surface area contributed by atoms with Crippen molar-refractivity contribution < 1.29 is 5.11 Å². The van der Waals surface area contributed by atoms with Crippen LogP contribution in [0.25, 0.3) is 0 Å². The van der Waals surface area contributed by atoms with Crippen LogP contribution >= 0.6 is 22.6 Å². The maximum Gasteiger partial charge on any atom is 0.125 e. The molecular weight excluding hydrogens is 255 g/mol. The number of hydrogen-bond donors (Lipinski definition) is 2. The summed E-state index contributed by atoms with van der Waals surface area (Å²) in [5.74, 6) is 0.973. The first-order valence-corrected chi connectivity index (χ1v) is 4.70. The highest BCUT2D eigenvalue weighted by Crippen LogP contribution is 2.09. The zero-order valence-electron chi connectivity index (χ0n) is 6.39. The first-order valence-electron chi connectivity index (χ1n) is 3.62. The Morgan fingerprint density at radius 2 is 2.36 bits per heavy atom. The molecule has 0 radical (unpaired) electrons. The van der Waals surface area contributed by atoms with Crippen molar-refractivity contribution in [2.24, 2.45) is 0 Å². The van der Waals surface area contributed by atoms with Crippen LogP contribution in [0.2, 0.25) is 0 Å². The van der Waals surface area contributed by atoms with E-state index in [0.717, 1.165) is 28.1 Å². The zero-order valence-corrected chi connectivity index (χ0v) is 8.55. The van der Waals surface area contributed by atoms with Crippen molar-refractivity contribution in [1.82, 2.24) is 9.97 Å². The van der Waals surface area contributed by atoms with Gasteiger partial charge in [-0.05, 0) is 29.0 Å². The van der Waals surface area contributed by atoms with Crippen LogP contribution in [0.15, 0.2) is 0 Å². The predicted octanol–water partition coefficient (Wildman–Crippen LogP) is 1.46. The highest BCUT2D eigenvalue weighted by atomic mass is 127.